The van der Waals surface area contributed by atoms with Crippen molar-refractivity contribution in [1.82, 2.24) is 0 Å². The van der Waals surface area contributed by atoms with Crippen LogP contribution in [0.2, 0.25) is 0 Å². The normalized spacial score (nSPS) is 20.7. The third-order valence-electron chi connectivity index (χ3n) is 3.38. The van der Waals surface area contributed by atoms with Gasteiger partial charge in [-0.2, -0.15) is 0 Å². The molecule has 3 heteroatoms. The molecule has 0 saturated carbocycles. The number of hydrogen-bond acceptors (Lipinski definition) is 2. The largest absolute Gasteiger partial charge is 0.291 e. The van der Waals surface area contributed by atoms with E-state index in [1.165, 1.54) is 0 Å². The molecule has 0 spiro atoms. The van der Waals surface area contributed by atoms with Gasteiger partial charge in [-0.15, -0.1) is 0 Å². The van der Waals surface area contributed by atoms with E-state index in [-0.39, 0.29) is 4.92 Å². The fourth-order valence-corrected chi connectivity index (χ4v) is 2.50. The first-order chi connectivity index (χ1) is 8.75. The van der Waals surface area contributed by atoms with Gasteiger partial charge < -0.3 is 0 Å². The van der Waals surface area contributed by atoms with E-state index in [0.29, 0.717) is 5.56 Å². The van der Waals surface area contributed by atoms with Crippen molar-refractivity contribution in [2.45, 2.75) is 5.54 Å². The first kappa shape index (κ1) is 10.7. The number of fused-ring (bicyclic) bond motifs is 1. The van der Waals surface area contributed by atoms with Crippen LogP contribution in [-0.2, 0) is 5.54 Å². The lowest BCUT2D eigenvalue weighted by Crippen LogP contribution is -2.33. The summed E-state index contributed by atoms with van der Waals surface area (Å²) in [4.78, 5) is 11.4. The summed E-state index contributed by atoms with van der Waals surface area (Å²) in [6, 6.07) is 16.6. The Morgan fingerprint density at radius 2 is 1.61 bits per heavy atom. The van der Waals surface area contributed by atoms with Gasteiger partial charge >= 0.3 is 0 Å². The fraction of sp³-hybridized carbons (Fsp3) is 0.0667. The van der Waals surface area contributed by atoms with Gasteiger partial charge in [0.2, 0.25) is 0 Å². The Labute approximate surface area is 105 Å². The van der Waals surface area contributed by atoms with Crippen LogP contribution >= 0.6 is 0 Å². The summed E-state index contributed by atoms with van der Waals surface area (Å²) in [5, 5.41) is 11.6. The molecule has 1 unspecified atom stereocenters. The van der Waals surface area contributed by atoms with Gasteiger partial charge in [0.15, 0.2) is 0 Å². The zero-order valence-corrected chi connectivity index (χ0v) is 9.61. The van der Waals surface area contributed by atoms with E-state index in [0.717, 1.165) is 11.1 Å². The minimum Gasteiger partial charge on any atom is -0.263 e. The van der Waals surface area contributed by atoms with Crippen LogP contribution < -0.4 is 0 Å². The molecule has 1 aliphatic carbocycles. The maximum Gasteiger partial charge on any atom is 0.291 e. The second-order valence-corrected chi connectivity index (χ2v) is 4.31. The summed E-state index contributed by atoms with van der Waals surface area (Å²) in [5.41, 5.74) is 1.10. The molecule has 0 aliphatic heterocycles. The zero-order valence-electron chi connectivity index (χ0n) is 9.61. The molecule has 0 aromatic heterocycles. The standard InChI is InChI=1S/C15H11NO2/c17-16(18)15(13-7-2-1-3-8-13)11-10-12-6-4-5-9-14(12)15/h1-11H. The van der Waals surface area contributed by atoms with Crippen molar-refractivity contribution in [2.75, 3.05) is 0 Å². The lowest BCUT2D eigenvalue weighted by molar-refractivity contribution is -0.550. The molecule has 88 valence electrons. The molecule has 2 aromatic rings. The Kier molecular flexibility index (Phi) is 2.27. The Balaban J connectivity index is 2.29. The van der Waals surface area contributed by atoms with Gasteiger partial charge in [0.25, 0.3) is 5.54 Å². The summed E-state index contributed by atoms with van der Waals surface area (Å²) in [6.45, 7) is 0. The van der Waals surface area contributed by atoms with Gasteiger partial charge in [0.1, 0.15) is 0 Å². The number of hydrogen-bond donors (Lipinski definition) is 0. The van der Waals surface area contributed by atoms with Crippen LogP contribution in [0.1, 0.15) is 16.7 Å². The Morgan fingerprint density at radius 1 is 0.944 bits per heavy atom. The molecule has 0 saturated heterocycles. The third kappa shape index (κ3) is 1.31. The summed E-state index contributed by atoms with van der Waals surface area (Å²) >= 11 is 0. The molecule has 1 atom stereocenters. The number of nitrogens with zero attached hydrogens (tertiary/aromatic N) is 1. The highest BCUT2D eigenvalue weighted by Crippen LogP contribution is 2.41. The van der Waals surface area contributed by atoms with Crippen molar-refractivity contribution < 1.29 is 4.92 Å². The first-order valence-corrected chi connectivity index (χ1v) is 5.74. The van der Waals surface area contributed by atoms with Crippen LogP contribution in [-0.4, -0.2) is 4.92 Å². The van der Waals surface area contributed by atoms with Gasteiger partial charge in [0.05, 0.1) is 0 Å². The molecule has 0 amide bonds. The van der Waals surface area contributed by atoms with E-state index in [2.05, 4.69) is 0 Å². The molecule has 1 aliphatic rings. The van der Waals surface area contributed by atoms with Gasteiger partial charge in [0, 0.05) is 22.1 Å². The smallest absolute Gasteiger partial charge is 0.263 e. The Hall–Kier alpha value is -2.42. The van der Waals surface area contributed by atoms with Crippen LogP contribution in [0.15, 0.2) is 60.7 Å². The third-order valence-corrected chi connectivity index (χ3v) is 3.38. The number of nitro groups is 1. The average molecular weight is 237 g/mol. The summed E-state index contributed by atoms with van der Waals surface area (Å²) < 4.78 is 0. The molecule has 3 rings (SSSR count). The molecule has 0 fully saturated rings. The lowest BCUT2D eigenvalue weighted by Gasteiger charge is -2.20. The van der Waals surface area contributed by atoms with Gasteiger partial charge in [-0.25, -0.2) is 0 Å². The highest BCUT2D eigenvalue weighted by molar-refractivity contribution is 5.67. The summed E-state index contributed by atoms with van der Waals surface area (Å²) in [6.07, 6.45) is 3.50. The van der Waals surface area contributed by atoms with Crippen molar-refractivity contribution in [3.05, 3.63) is 87.5 Å². The molecular formula is C15H11NO2. The lowest BCUT2D eigenvalue weighted by atomic mass is 9.85. The van der Waals surface area contributed by atoms with Crippen molar-refractivity contribution >= 4 is 6.08 Å². The van der Waals surface area contributed by atoms with Crippen molar-refractivity contribution in [1.29, 1.82) is 0 Å². The molecular weight excluding hydrogens is 226 g/mol. The van der Waals surface area contributed by atoms with E-state index < -0.39 is 5.54 Å². The van der Waals surface area contributed by atoms with E-state index in [1.54, 1.807) is 18.2 Å². The maximum absolute atomic E-state index is 11.6. The first-order valence-electron chi connectivity index (χ1n) is 5.74. The quantitative estimate of drug-likeness (QED) is 0.594. The maximum atomic E-state index is 11.6. The predicted molar refractivity (Wildman–Crippen MR) is 69.7 cm³/mol. The topological polar surface area (TPSA) is 43.1 Å². The zero-order chi connectivity index (χ0) is 12.6. The second kappa shape index (κ2) is 3.81. The van der Waals surface area contributed by atoms with Gasteiger partial charge in [-0.1, -0.05) is 60.7 Å². The van der Waals surface area contributed by atoms with Crippen LogP contribution in [0, 0.1) is 10.1 Å². The van der Waals surface area contributed by atoms with Crippen molar-refractivity contribution in [2.24, 2.45) is 0 Å². The molecule has 0 heterocycles. The van der Waals surface area contributed by atoms with Crippen molar-refractivity contribution in [3.63, 3.8) is 0 Å². The highest BCUT2D eigenvalue weighted by atomic mass is 16.6. The minimum atomic E-state index is -1.24. The molecule has 18 heavy (non-hydrogen) atoms. The minimum absolute atomic E-state index is 0.218. The van der Waals surface area contributed by atoms with Crippen LogP contribution in [0.5, 0.6) is 0 Å². The Bertz CT molecular complexity index is 634. The second-order valence-electron chi connectivity index (χ2n) is 4.31. The average Bonchev–Trinajstić information content (AvgIpc) is 2.80. The fourth-order valence-electron chi connectivity index (χ4n) is 2.50. The SMILES string of the molecule is O=[N+]([O-])C1(c2ccccc2)C=Cc2ccccc21. The molecule has 3 nitrogen and oxygen atoms in total. The van der Waals surface area contributed by atoms with Crippen molar-refractivity contribution in [3.8, 4) is 0 Å². The summed E-state index contributed by atoms with van der Waals surface area (Å²) in [7, 11) is 0. The van der Waals surface area contributed by atoms with Crippen LogP contribution in [0.3, 0.4) is 0 Å². The molecule has 2 aromatic carbocycles. The van der Waals surface area contributed by atoms with E-state index >= 15 is 0 Å². The van der Waals surface area contributed by atoms with Gasteiger partial charge in [-0.05, 0) is 5.56 Å². The molecule has 0 N–H and O–H groups in total. The number of rotatable bonds is 2. The molecule has 0 bridgehead atoms. The summed E-state index contributed by atoms with van der Waals surface area (Å²) in [5.74, 6) is 0. The Morgan fingerprint density at radius 3 is 2.33 bits per heavy atom. The highest BCUT2D eigenvalue weighted by Gasteiger charge is 2.48. The van der Waals surface area contributed by atoms with Crippen LogP contribution in [0.4, 0.5) is 0 Å². The van der Waals surface area contributed by atoms with E-state index in [1.807, 2.05) is 48.5 Å². The predicted octanol–water partition coefficient (Wildman–Crippen LogP) is 3.23. The van der Waals surface area contributed by atoms with Gasteiger partial charge in [-0.3, -0.25) is 10.1 Å². The van der Waals surface area contributed by atoms with E-state index in [9.17, 15) is 10.1 Å². The monoisotopic (exact) mass is 237 g/mol. The molecule has 0 radical (unpaired) electrons. The van der Waals surface area contributed by atoms with E-state index in [4.69, 9.17) is 0 Å². The van der Waals surface area contributed by atoms with Crippen LogP contribution in [0.25, 0.3) is 6.08 Å². The number of benzene rings is 2.